The average Bonchev–Trinajstić information content (AvgIpc) is 3.49. The smallest absolute Gasteiger partial charge is 0.240 e. The number of para-hydroxylation sites is 1. The molecule has 40 heavy (non-hydrogen) atoms. The average molecular weight is 614 g/mol. The van der Waals surface area contributed by atoms with E-state index in [9.17, 15) is 17.6 Å². The van der Waals surface area contributed by atoms with Crippen molar-refractivity contribution in [3.05, 3.63) is 101 Å². The third kappa shape index (κ3) is 5.96. The third-order valence-corrected chi connectivity index (χ3v) is 10.5. The molecule has 0 saturated heterocycles. The number of hydrogen-bond donors (Lipinski definition) is 1. The Morgan fingerprint density at radius 3 is 2.45 bits per heavy atom. The van der Waals surface area contributed by atoms with Crippen molar-refractivity contribution < 1.29 is 17.6 Å². The van der Waals surface area contributed by atoms with Crippen LogP contribution in [-0.2, 0) is 34.1 Å². The zero-order valence-corrected chi connectivity index (χ0v) is 24.4. The Bertz CT molecular complexity index is 1740. The van der Waals surface area contributed by atoms with Crippen LogP contribution in [0.25, 0.3) is 20.8 Å². The first-order chi connectivity index (χ1) is 18.9. The van der Waals surface area contributed by atoms with Crippen molar-refractivity contribution in [3.8, 4) is 10.6 Å². The molecule has 6 nitrogen and oxygen atoms in total. The Kier molecular flexibility index (Phi) is 8.34. The molecule has 0 saturated carbocycles. The minimum atomic E-state index is -3.94. The van der Waals surface area contributed by atoms with Crippen molar-refractivity contribution in [1.29, 1.82) is 0 Å². The molecule has 3 aromatic carbocycles. The fourth-order valence-corrected chi connectivity index (χ4v) is 8.34. The number of carbonyl (C=O) groups excluding carboxylic acids is 1. The summed E-state index contributed by atoms with van der Waals surface area (Å²) in [4.78, 5) is 21.3. The lowest BCUT2D eigenvalue weighted by atomic mass is 10.0. The first kappa shape index (κ1) is 28.4. The molecule has 6 rings (SSSR count). The number of aromatic nitrogens is 1. The Hall–Kier alpha value is -3.15. The maximum absolute atomic E-state index is 13.3. The van der Waals surface area contributed by atoms with Gasteiger partial charge < -0.3 is 5.32 Å². The molecule has 2 aromatic heterocycles. The second-order valence-corrected chi connectivity index (χ2v) is 13.5. The van der Waals surface area contributed by atoms with Crippen LogP contribution in [-0.4, -0.2) is 36.5 Å². The maximum Gasteiger partial charge on any atom is 0.240 e. The number of halogens is 2. The molecule has 0 bridgehead atoms. The number of rotatable bonds is 7. The molecule has 0 spiro atoms. The molecule has 1 aliphatic heterocycles. The first-order valence-corrected chi connectivity index (χ1v) is 15.7. The largest absolute Gasteiger partial charge is 0.316 e. The van der Waals surface area contributed by atoms with Gasteiger partial charge in [-0.3, -0.25) is 9.69 Å². The van der Waals surface area contributed by atoms with Crippen molar-refractivity contribution >= 4 is 66.0 Å². The molecule has 1 N–H and O–H groups in total. The molecule has 0 radical (unpaired) electrons. The van der Waals surface area contributed by atoms with Crippen molar-refractivity contribution in [1.82, 2.24) is 9.88 Å². The van der Waals surface area contributed by atoms with Crippen LogP contribution in [0, 0.1) is 5.82 Å². The number of thiophene rings is 1. The summed E-state index contributed by atoms with van der Waals surface area (Å²) < 4.78 is 40.0. The van der Waals surface area contributed by atoms with Crippen LogP contribution in [0.3, 0.4) is 0 Å². The van der Waals surface area contributed by atoms with Crippen LogP contribution in [0.5, 0.6) is 0 Å². The molecule has 0 atom stereocenters. The van der Waals surface area contributed by atoms with Gasteiger partial charge in [-0.2, -0.15) is 0 Å². The maximum atomic E-state index is 13.3. The normalized spacial score (nSPS) is 13.5. The van der Waals surface area contributed by atoms with Crippen LogP contribution in [0.2, 0.25) is 0 Å². The van der Waals surface area contributed by atoms with E-state index in [2.05, 4.69) is 22.3 Å². The van der Waals surface area contributed by atoms with Gasteiger partial charge in [0.05, 0.1) is 15.1 Å². The molecule has 1 aliphatic rings. The number of nitrogens with zero attached hydrogens (tertiary/aromatic N) is 2. The monoisotopic (exact) mass is 613 g/mol. The Morgan fingerprint density at radius 2 is 1.70 bits per heavy atom. The first-order valence-electron chi connectivity index (χ1n) is 12.4. The number of anilines is 1. The van der Waals surface area contributed by atoms with E-state index < -0.39 is 27.3 Å². The highest BCUT2D eigenvalue weighted by Crippen LogP contribution is 2.45. The minimum Gasteiger partial charge on any atom is -0.316 e. The molecule has 206 valence electrons. The topological polar surface area (TPSA) is 79.4 Å². The van der Waals surface area contributed by atoms with E-state index in [0.717, 1.165) is 69.4 Å². The summed E-state index contributed by atoms with van der Waals surface area (Å²) >= 11 is 3.04. The highest BCUT2D eigenvalue weighted by molar-refractivity contribution is 7.92. The number of amides is 1. The third-order valence-electron chi connectivity index (χ3n) is 6.64. The number of fused-ring (bicyclic) bond motifs is 2. The number of benzene rings is 3. The molecule has 0 unspecified atom stereocenters. The fraction of sp³-hybridized carbons (Fsp3) is 0.172. The van der Waals surface area contributed by atoms with Crippen LogP contribution in [0.1, 0.15) is 16.0 Å². The summed E-state index contributed by atoms with van der Waals surface area (Å²) in [6.07, 6.45) is 0.799. The molecule has 5 aromatic rings. The Balaban J connectivity index is 0.00000323. The van der Waals surface area contributed by atoms with Crippen LogP contribution >= 0.6 is 35.1 Å². The molecular weight excluding hydrogens is 589 g/mol. The van der Waals surface area contributed by atoms with Crippen molar-refractivity contribution in [2.24, 2.45) is 0 Å². The van der Waals surface area contributed by atoms with Crippen molar-refractivity contribution in [2.45, 2.75) is 24.4 Å². The Labute approximate surface area is 245 Å². The highest BCUT2D eigenvalue weighted by atomic mass is 35.5. The molecule has 11 heteroatoms. The molecule has 0 aliphatic carbocycles. The molecular formula is C29H25ClFN3O3S3. The van der Waals surface area contributed by atoms with Gasteiger partial charge in [0, 0.05) is 30.1 Å². The SMILES string of the molecule is Cl.O=C(CS(=O)(=O)c1ccc(F)cc1)Nc1sc2c(c1-c1nc3ccccc3s1)CCN(Cc1ccccc1)C2. The van der Waals surface area contributed by atoms with Gasteiger partial charge in [0.15, 0.2) is 9.84 Å². The fourth-order valence-electron chi connectivity index (χ4n) is 4.79. The van der Waals surface area contributed by atoms with E-state index in [0.29, 0.717) is 5.00 Å². The van der Waals surface area contributed by atoms with Gasteiger partial charge >= 0.3 is 0 Å². The van der Waals surface area contributed by atoms with Crippen molar-refractivity contribution in [2.75, 3.05) is 17.6 Å². The number of hydrogen-bond acceptors (Lipinski definition) is 7. The second-order valence-electron chi connectivity index (χ2n) is 9.40. The zero-order chi connectivity index (χ0) is 27.0. The lowest BCUT2D eigenvalue weighted by molar-refractivity contribution is -0.113. The minimum absolute atomic E-state index is 0. The predicted molar refractivity (Wildman–Crippen MR) is 162 cm³/mol. The van der Waals surface area contributed by atoms with Crippen molar-refractivity contribution in [3.63, 3.8) is 0 Å². The van der Waals surface area contributed by atoms with Gasteiger partial charge in [0.25, 0.3) is 0 Å². The summed E-state index contributed by atoms with van der Waals surface area (Å²) in [7, 11) is -3.94. The van der Waals surface area contributed by atoms with Gasteiger partial charge in [-0.05, 0) is 53.9 Å². The van der Waals surface area contributed by atoms with Gasteiger partial charge in [0.1, 0.15) is 21.6 Å². The van der Waals surface area contributed by atoms with Crippen LogP contribution in [0.4, 0.5) is 9.39 Å². The van der Waals surface area contributed by atoms with E-state index in [1.807, 2.05) is 42.5 Å². The number of sulfone groups is 1. The number of thiazole rings is 1. The van der Waals surface area contributed by atoms with E-state index in [4.69, 9.17) is 4.98 Å². The number of nitrogens with one attached hydrogen (secondary N) is 1. The van der Waals surface area contributed by atoms with E-state index >= 15 is 0 Å². The zero-order valence-electron chi connectivity index (χ0n) is 21.2. The summed E-state index contributed by atoms with van der Waals surface area (Å²) in [5, 5.41) is 4.31. The van der Waals surface area contributed by atoms with Crippen LogP contribution < -0.4 is 5.32 Å². The van der Waals surface area contributed by atoms with Gasteiger partial charge in [0.2, 0.25) is 5.91 Å². The molecule has 1 amide bonds. The van der Waals surface area contributed by atoms with Gasteiger partial charge in [-0.1, -0.05) is 42.5 Å². The summed E-state index contributed by atoms with van der Waals surface area (Å²) in [6.45, 7) is 2.42. The Morgan fingerprint density at radius 1 is 0.975 bits per heavy atom. The lowest BCUT2D eigenvalue weighted by Gasteiger charge is -2.27. The highest BCUT2D eigenvalue weighted by Gasteiger charge is 2.29. The van der Waals surface area contributed by atoms with E-state index in [1.54, 1.807) is 11.3 Å². The molecule has 3 heterocycles. The van der Waals surface area contributed by atoms with Gasteiger partial charge in [-0.15, -0.1) is 35.1 Å². The standard InChI is InChI=1S/C29H24FN3O3S3.ClH/c30-20-10-12-21(13-11-20)39(35,36)18-26(34)32-29-27(28-31-23-8-4-5-9-24(23)37-28)22-14-15-33(17-25(22)38-29)16-19-6-2-1-3-7-19;/h1-13H,14-18H2,(H,32,34);1H. The van der Waals surface area contributed by atoms with E-state index in [1.165, 1.54) is 29.0 Å². The molecule has 0 fully saturated rings. The van der Waals surface area contributed by atoms with Crippen LogP contribution in [0.15, 0.2) is 83.8 Å². The summed E-state index contributed by atoms with van der Waals surface area (Å²) in [5.74, 6) is -1.91. The number of carbonyl (C=O) groups is 1. The van der Waals surface area contributed by atoms with Gasteiger partial charge in [-0.25, -0.2) is 17.8 Å². The lowest BCUT2D eigenvalue weighted by Crippen LogP contribution is -2.29. The predicted octanol–water partition coefficient (Wildman–Crippen LogP) is 6.56. The quantitative estimate of drug-likeness (QED) is 0.210. The summed E-state index contributed by atoms with van der Waals surface area (Å²) in [5.41, 5.74) is 4.15. The second kappa shape index (κ2) is 11.8. The van der Waals surface area contributed by atoms with E-state index in [-0.39, 0.29) is 17.3 Å². The summed E-state index contributed by atoms with van der Waals surface area (Å²) in [6, 6.07) is 22.7.